The summed E-state index contributed by atoms with van der Waals surface area (Å²) in [5.41, 5.74) is 6.18. The fraction of sp³-hybridized carbons (Fsp3) is 0.600. The zero-order chi connectivity index (χ0) is 19.1. The Balaban J connectivity index is 1.60. The number of hydrogen-bond donors (Lipinski definition) is 2. The average molecular weight is 374 g/mol. The van der Waals surface area contributed by atoms with Crippen molar-refractivity contribution in [3.8, 4) is 5.75 Å². The van der Waals surface area contributed by atoms with E-state index < -0.39 is 5.91 Å². The van der Waals surface area contributed by atoms with Gasteiger partial charge in [-0.2, -0.15) is 0 Å². The number of ether oxygens (including phenoxy) is 1. The van der Waals surface area contributed by atoms with Crippen LogP contribution in [0.3, 0.4) is 0 Å². The monoisotopic (exact) mass is 373 g/mol. The number of amides is 1. The minimum absolute atomic E-state index is 0.110. The molecule has 1 aromatic carbocycles. The molecule has 2 aliphatic rings. The van der Waals surface area contributed by atoms with E-state index in [4.69, 9.17) is 15.5 Å². The minimum Gasteiger partial charge on any atom is -0.484 e. The molecular weight excluding hydrogens is 342 g/mol. The van der Waals surface area contributed by atoms with Crippen LogP contribution in [0.1, 0.15) is 31.7 Å². The molecule has 1 amide bonds. The Morgan fingerprint density at radius 3 is 2.89 bits per heavy atom. The average Bonchev–Trinajstić information content (AvgIpc) is 3.35. The van der Waals surface area contributed by atoms with Crippen LogP contribution in [0.25, 0.3) is 0 Å². The number of carbonyl (C=O) groups excluding carboxylic acids is 1. The molecule has 148 valence electrons. The van der Waals surface area contributed by atoms with Crippen LogP contribution in [0.5, 0.6) is 5.75 Å². The van der Waals surface area contributed by atoms with Crippen LogP contribution >= 0.6 is 0 Å². The third-order valence-electron chi connectivity index (χ3n) is 5.15. The predicted octanol–water partition coefficient (Wildman–Crippen LogP) is 1.19. The van der Waals surface area contributed by atoms with Crippen LogP contribution < -0.4 is 15.8 Å². The van der Waals surface area contributed by atoms with Crippen LogP contribution in [0.2, 0.25) is 0 Å². The van der Waals surface area contributed by atoms with E-state index >= 15 is 0 Å². The molecule has 27 heavy (non-hydrogen) atoms. The van der Waals surface area contributed by atoms with Crippen molar-refractivity contribution in [2.75, 3.05) is 39.3 Å². The van der Waals surface area contributed by atoms with E-state index in [9.17, 15) is 4.79 Å². The van der Waals surface area contributed by atoms with Gasteiger partial charge in [-0.15, -0.1) is 0 Å². The molecule has 7 nitrogen and oxygen atoms in total. The molecule has 2 aliphatic heterocycles. The summed E-state index contributed by atoms with van der Waals surface area (Å²) < 4.78 is 5.38. The molecule has 3 N–H and O–H groups in total. The van der Waals surface area contributed by atoms with Crippen LogP contribution in [-0.4, -0.2) is 67.0 Å². The van der Waals surface area contributed by atoms with Crippen molar-refractivity contribution < 1.29 is 9.53 Å². The number of benzene rings is 1. The molecule has 2 heterocycles. The number of carbonyl (C=O) groups is 1. The van der Waals surface area contributed by atoms with Gasteiger partial charge in [0.1, 0.15) is 5.75 Å². The van der Waals surface area contributed by atoms with Crippen molar-refractivity contribution in [1.29, 1.82) is 0 Å². The molecule has 1 atom stereocenters. The van der Waals surface area contributed by atoms with Gasteiger partial charge in [-0.3, -0.25) is 9.69 Å². The van der Waals surface area contributed by atoms with E-state index in [1.807, 2.05) is 24.3 Å². The van der Waals surface area contributed by atoms with E-state index in [0.717, 1.165) is 31.2 Å². The highest BCUT2D eigenvalue weighted by Gasteiger charge is 2.30. The van der Waals surface area contributed by atoms with Crippen molar-refractivity contribution in [3.63, 3.8) is 0 Å². The van der Waals surface area contributed by atoms with Gasteiger partial charge in [0.15, 0.2) is 12.6 Å². The second-order valence-electron chi connectivity index (χ2n) is 7.20. The number of nitrogens with two attached hydrogens (primary N) is 1. The largest absolute Gasteiger partial charge is 0.484 e. The highest BCUT2D eigenvalue weighted by atomic mass is 16.5. The quantitative estimate of drug-likeness (QED) is 0.554. The maximum Gasteiger partial charge on any atom is 0.255 e. The molecule has 0 saturated carbocycles. The Morgan fingerprint density at radius 1 is 1.33 bits per heavy atom. The lowest BCUT2D eigenvalue weighted by Crippen LogP contribution is -2.42. The highest BCUT2D eigenvalue weighted by molar-refractivity contribution is 5.80. The van der Waals surface area contributed by atoms with Crippen molar-refractivity contribution in [1.82, 2.24) is 15.1 Å². The van der Waals surface area contributed by atoms with Gasteiger partial charge >= 0.3 is 0 Å². The number of aliphatic imine (C=N–C) groups is 1. The summed E-state index contributed by atoms with van der Waals surface area (Å²) in [6, 6.07) is 8.31. The first-order valence-electron chi connectivity index (χ1n) is 9.93. The summed E-state index contributed by atoms with van der Waals surface area (Å²) in [6.07, 6.45) is 3.87. The lowest BCUT2D eigenvalue weighted by atomic mass is 10.2. The Kier molecular flexibility index (Phi) is 6.92. The van der Waals surface area contributed by atoms with Gasteiger partial charge in [0.2, 0.25) is 0 Å². The molecule has 0 aliphatic carbocycles. The van der Waals surface area contributed by atoms with Crippen LogP contribution in [0.15, 0.2) is 29.3 Å². The van der Waals surface area contributed by atoms with E-state index in [0.29, 0.717) is 18.3 Å². The standard InChI is InChI=1S/C20H31N5O2/c1-2-22-20(25-11-8-17(14-25)24-9-3-4-10-24)23-13-16-6-5-7-18(12-16)27-15-19(21)26/h5-7,12,17H,2-4,8-11,13-15H2,1H3,(H2,21,26)(H,22,23). The number of primary amides is 1. The highest BCUT2D eigenvalue weighted by Crippen LogP contribution is 2.21. The first-order chi connectivity index (χ1) is 13.2. The van der Waals surface area contributed by atoms with E-state index in [1.165, 1.54) is 32.4 Å². The number of guanidine groups is 1. The lowest BCUT2D eigenvalue weighted by Gasteiger charge is -2.25. The van der Waals surface area contributed by atoms with Gasteiger partial charge in [-0.25, -0.2) is 4.99 Å². The molecule has 7 heteroatoms. The molecule has 2 saturated heterocycles. The van der Waals surface area contributed by atoms with E-state index in [-0.39, 0.29) is 6.61 Å². The summed E-state index contributed by atoms with van der Waals surface area (Å²) in [5.74, 6) is 1.14. The van der Waals surface area contributed by atoms with Gasteiger partial charge < -0.3 is 20.7 Å². The molecule has 1 unspecified atom stereocenters. The van der Waals surface area contributed by atoms with Crippen molar-refractivity contribution >= 4 is 11.9 Å². The second-order valence-corrected chi connectivity index (χ2v) is 7.20. The topological polar surface area (TPSA) is 83.2 Å². The Labute approximate surface area is 161 Å². The fourth-order valence-electron chi connectivity index (χ4n) is 3.82. The van der Waals surface area contributed by atoms with Crippen molar-refractivity contribution in [2.24, 2.45) is 10.7 Å². The summed E-state index contributed by atoms with van der Waals surface area (Å²) in [5, 5.41) is 3.43. The smallest absolute Gasteiger partial charge is 0.255 e. The van der Waals surface area contributed by atoms with Gasteiger partial charge in [0.05, 0.1) is 6.54 Å². The lowest BCUT2D eigenvalue weighted by molar-refractivity contribution is -0.119. The number of hydrogen-bond acceptors (Lipinski definition) is 4. The zero-order valence-corrected chi connectivity index (χ0v) is 16.2. The summed E-state index contributed by atoms with van der Waals surface area (Å²) >= 11 is 0. The normalized spacial score (nSPS) is 20.9. The molecule has 3 rings (SSSR count). The van der Waals surface area contributed by atoms with Gasteiger partial charge in [-0.1, -0.05) is 12.1 Å². The molecular formula is C20H31N5O2. The third-order valence-corrected chi connectivity index (χ3v) is 5.15. The fourth-order valence-corrected chi connectivity index (χ4v) is 3.82. The van der Waals surface area contributed by atoms with Crippen molar-refractivity contribution in [3.05, 3.63) is 29.8 Å². The van der Waals surface area contributed by atoms with Crippen LogP contribution in [-0.2, 0) is 11.3 Å². The second kappa shape index (κ2) is 9.60. The van der Waals surface area contributed by atoms with Gasteiger partial charge in [0, 0.05) is 25.7 Å². The molecule has 2 fully saturated rings. The van der Waals surface area contributed by atoms with Gasteiger partial charge in [-0.05, 0) is 57.0 Å². The van der Waals surface area contributed by atoms with Crippen LogP contribution in [0.4, 0.5) is 0 Å². The number of nitrogens with zero attached hydrogens (tertiary/aromatic N) is 3. The molecule has 1 aromatic rings. The minimum atomic E-state index is -0.477. The maximum absolute atomic E-state index is 10.9. The van der Waals surface area contributed by atoms with Gasteiger partial charge in [0.25, 0.3) is 5.91 Å². The Hall–Kier alpha value is -2.28. The van der Waals surface area contributed by atoms with E-state index in [2.05, 4.69) is 22.0 Å². The Morgan fingerprint density at radius 2 is 2.15 bits per heavy atom. The molecule has 0 spiro atoms. The summed E-state index contributed by atoms with van der Waals surface area (Å²) in [6.45, 7) is 7.99. The first kappa shape index (κ1) is 19.5. The van der Waals surface area contributed by atoms with E-state index in [1.54, 1.807) is 0 Å². The molecule has 0 bridgehead atoms. The third kappa shape index (κ3) is 5.60. The first-order valence-corrected chi connectivity index (χ1v) is 9.93. The van der Waals surface area contributed by atoms with Crippen LogP contribution in [0, 0.1) is 0 Å². The van der Waals surface area contributed by atoms with Crippen molar-refractivity contribution in [2.45, 2.75) is 38.8 Å². The number of likely N-dealkylation sites (tertiary alicyclic amines) is 2. The zero-order valence-electron chi connectivity index (χ0n) is 16.2. The summed E-state index contributed by atoms with van der Waals surface area (Å²) in [7, 11) is 0. The SMILES string of the molecule is CCNC(=NCc1cccc(OCC(N)=O)c1)N1CCC(N2CCCC2)C1. The number of nitrogens with one attached hydrogen (secondary N) is 1. The predicted molar refractivity (Wildman–Crippen MR) is 107 cm³/mol. The summed E-state index contributed by atoms with van der Waals surface area (Å²) in [4.78, 5) is 20.7. The maximum atomic E-state index is 10.9. The number of rotatable bonds is 7. The molecule has 0 radical (unpaired) electrons. The Bertz CT molecular complexity index is 658. The molecule has 0 aromatic heterocycles.